The smallest absolute Gasteiger partial charge is 0.213 e. The number of nitrogens with zero attached hydrogens (tertiary/aromatic N) is 4. The number of fused-ring (bicyclic) bond motifs is 1. The second kappa shape index (κ2) is 9.16. The molecule has 0 radical (unpaired) electrons. The zero-order valence-corrected chi connectivity index (χ0v) is 18.4. The van der Waals surface area contributed by atoms with Crippen molar-refractivity contribution >= 4 is 23.4 Å². The molecule has 1 unspecified atom stereocenters. The summed E-state index contributed by atoms with van der Waals surface area (Å²) in [6.07, 6.45) is 1.52. The Bertz CT molecular complexity index is 1040. The fourth-order valence-electron chi connectivity index (χ4n) is 3.89. The first-order chi connectivity index (χ1) is 15.2. The van der Waals surface area contributed by atoms with Crippen molar-refractivity contribution < 1.29 is 13.9 Å². The molecule has 2 aliphatic rings. The Balaban J connectivity index is 1.29. The van der Waals surface area contributed by atoms with E-state index >= 15 is 0 Å². The number of halogens is 2. The Kier molecular flexibility index (Phi) is 6.13. The molecule has 9 heteroatoms. The van der Waals surface area contributed by atoms with Crippen LogP contribution in [-0.4, -0.2) is 57.6 Å². The van der Waals surface area contributed by atoms with Gasteiger partial charge in [-0.15, -0.1) is 0 Å². The Labute approximate surface area is 189 Å². The molecule has 0 bridgehead atoms. The van der Waals surface area contributed by atoms with Crippen molar-refractivity contribution in [2.45, 2.75) is 24.3 Å². The quantitative estimate of drug-likeness (QED) is 0.551. The van der Waals surface area contributed by atoms with Crippen LogP contribution in [0.25, 0.3) is 11.3 Å². The van der Waals surface area contributed by atoms with Gasteiger partial charge in [-0.1, -0.05) is 23.4 Å². The molecule has 0 saturated carbocycles. The lowest BCUT2D eigenvalue weighted by atomic mass is 10.1. The van der Waals surface area contributed by atoms with Gasteiger partial charge in [-0.25, -0.2) is 14.4 Å². The molecule has 2 aliphatic heterocycles. The minimum atomic E-state index is -0.238. The van der Waals surface area contributed by atoms with Gasteiger partial charge in [-0.3, -0.25) is 4.90 Å². The average Bonchev–Trinajstić information content (AvgIpc) is 3.37. The number of hydrogen-bond donors (Lipinski definition) is 0. The number of morpholine rings is 1. The van der Waals surface area contributed by atoms with E-state index in [1.54, 1.807) is 42.2 Å². The molecule has 0 amide bonds. The van der Waals surface area contributed by atoms with E-state index in [2.05, 4.69) is 14.5 Å². The van der Waals surface area contributed by atoms with Crippen LogP contribution >= 0.6 is 23.4 Å². The van der Waals surface area contributed by atoms with E-state index in [0.29, 0.717) is 24.1 Å². The van der Waals surface area contributed by atoms with Gasteiger partial charge in [-0.05, 0) is 30.3 Å². The molecule has 1 saturated heterocycles. The number of ether oxygens (including phenoxy) is 2. The van der Waals surface area contributed by atoms with Crippen molar-refractivity contribution in [2.75, 3.05) is 32.1 Å². The fraction of sp³-hybridized carbons (Fsp3) is 0.364. The number of imidazole rings is 1. The maximum atomic E-state index is 13.4. The zero-order chi connectivity index (χ0) is 21.2. The summed E-state index contributed by atoms with van der Waals surface area (Å²) < 4.78 is 27.4. The standard InChI is InChI=1S/C22H22ClFN4O2S/c23-16-3-6-20(25-11-16)30-14-18-12-27(7-9-29-18)13-19-21(15-1-4-17(24)5-2-15)26-22-28(19)8-10-31-22/h1-6,11,18H,7-10,12-14H2. The van der Waals surface area contributed by atoms with Crippen LogP contribution in [0, 0.1) is 5.82 Å². The second-order valence-corrected chi connectivity index (χ2v) is 9.05. The summed E-state index contributed by atoms with van der Waals surface area (Å²) in [6.45, 7) is 4.37. The summed E-state index contributed by atoms with van der Waals surface area (Å²) in [4.78, 5) is 11.4. The van der Waals surface area contributed by atoms with Crippen molar-refractivity contribution in [2.24, 2.45) is 0 Å². The molecular weight excluding hydrogens is 439 g/mol. The van der Waals surface area contributed by atoms with E-state index in [1.807, 2.05) is 0 Å². The van der Waals surface area contributed by atoms with Crippen LogP contribution in [0.15, 0.2) is 47.8 Å². The summed E-state index contributed by atoms with van der Waals surface area (Å²) in [6, 6.07) is 10.1. The highest BCUT2D eigenvalue weighted by molar-refractivity contribution is 7.99. The summed E-state index contributed by atoms with van der Waals surface area (Å²) in [5.74, 6) is 1.33. The molecule has 162 valence electrons. The third-order valence-corrected chi connectivity index (χ3v) is 6.60. The normalized spacial score (nSPS) is 18.8. The fourth-order valence-corrected chi connectivity index (χ4v) is 4.98. The van der Waals surface area contributed by atoms with Crippen molar-refractivity contribution in [3.8, 4) is 17.1 Å². The molecule has 1 fully saturated rings. The molecule has 31 heavy (non-hydrogen) atoms. The van der Waals surface area contributed by atoms with Gasteiger partial charge in [0.2, 0.25) is 5.88 Å². The highest BCUT2D eigenvalue weighted by Crippen LogP contribution is 2.34. The Morgan fingerprint density at radius 3 is 2.87 bits per heavy atom. The number of hydrogen-bond acceptors (Lipinski definition) is 6. The minimum absolute atomic E-state index is 0.0455. The highest BCUT2D eigenvalue weighted by Gasteiger charge is 2.27. The summed E-state index contributed by atoms with van der Waals surface area (Å²) in [5.41, 5.74) is 3.06. The van der Waals surface area contributed by atoms with Crippen LogP contribution in [-0.2, 0) is 17.8 Å². The van der Waals surface area contributed by atoms with Gasteiger partial charge < -0.3 is 14.0 Å². The van der Waals surface area contributed by atoms with E-state index in [4.69, 9.17) is 26.1 Å². The number of rotatable bonds is 6. The van der Waals surface area contributed by atoms with E-state index in [-0.39, 0.29) is 11.9 Å². The van der Waals surface area contributed by atoms with Crippen LogP contribution in [0.3, 0.4) is 0 Å². The molecule has 0 aliphatic carbocycles. The van der Waals surface area contributed by atoms with Crippen molar-refractivity contribution in [3.05, 3.63) is 59.1 Å². The molecule has 1 atom stereocenters. The molecule has 5 rings (SSSR count). The predicted molar refractivity (Wildman–Crippen MR) is 118 cm³/mol. The SMILES string of the molecule is Fc1ccc(-c2nc3n(c2CN2CCOC(COc4ccc(Cl)cn4)C2)CCS3)cc1. The maximum Gasteiger partial charge on any atom is 0.213 e. The lowest BCUT2D eigenvalue weighted by Crippen LogP contribution is -2.44. The summed E-state index contributed by atoms with van der Waals surface area (Å²) in [5, 5.41) is 1.62. The molecule has 1 aromatic carbocycles. The second-order valence-electron chi connectivity index (χ2n) is 7.55. The Morgan fingerprint density at radius 1 is 1.19 bits per heavy atom. The molecular formula is C22H22ClFN4O2S. The van der Waals surface area contributed by atoms with E-state index in [0.717, 1.165) is 48.3 Å². The minimum Gasteiger partial charge on any atom is -0.475 e. The van der Waals surface area contributed by atoms with Crippen molar-refractivity contribution in [1.82, 2.24) is 19.4 Å². The van der Waals surface area contributed by atoms with Gasteiger partial charge in [-0.2, -0.15) is 0 Å². The van der Waals surface area contributed by atoms with Crippen LogP contribution in [0.4, 0.5) is 4.39 Å². The molecule has 0 N–H and O–H groups in total. The predicted octanol–water partition coefficient (Wildman–Crippen LogP) is 4.12. The summed E-state index contributed by atoms with van der Waals surface area (Å²) in [7, 11) is 0. The first-order valence-corrected chi connectivity index (χ1v) is 11.6. The average molecular weight is 461 g/mol. The van der Waals surface area contributed by atoms with Crippen LogP contribution < -0.4 is 4.74 Å². The van der Waals surface area contributed by atoms with E-state index in [1.165, 1.54) is 17.8 Å². The third-order valence-electron chi connectivity index (χ3n) is 5.41. The number of benzene rings is 1. The molecule has 0 spiro atoms. The van der Waals surface area contributed by atoms with Gasteiger partial charge in [0.25, 0.3) is 0 Å². The van der Waals surface area contributed by atoms with Gasteiger partial charge in [0.05, 0.1) is 23.0 Å². The number of pyridine rings is 1. The molecule has 4 heterocycles. The third kappa shape index (κ3) is 4.72. The molecule has 2 aromatic heterocycles. The Morgan fingerprint density at radius 2 is 2.06 bits per heavy atom. The van der Waals surface area contributed by atoms with Gasteiger partial charge in [0, 0.05) is 49.8 Å². The van der Waals surface area contributed by atoms with Crippen LogP contribution in [0.5, 0.6) is 5.88 Å². The van der Waals surface area contributed by atoms with E-state index in [9.17, 15) is 4.39 Å². The monoisotopic (exact) mass is 460 g/mol. The first kappa shape index (κ1) is 20.8. The first-order valence-electron chi connectivity index (χ1n) is 10.2. The van der Waals surface area contributed by atoms with E-state index < -0.39 is 0 Å². The largest absolute Gasteiger partial charge is 0.475 e. The van der Waals surface area contributed by atoms with Gasteiger partial charge >= 0.3 is 0 Å². The van der Waals surface area contributed by atoms with Gasteiger partial charge in [0.1, 0.15) is 18.5 Å². The summed E-state index contributed by atoms with van der Waals surface area (Å²) >= 11 is 7.64. The molecule has 6 nitrogen and oxygen atoms in total. The highest BCUT2D eigenvalue weighted by atomic mass is 35.5. The van der Waals surface area contributed by atoms with Crippen LogP contribution in [0.2, 0.25) is 5.02 Å². The van der Waals surface area contributed by atoms with Gasteiger partial charge in [0.15, 0.2) is 5.16 Å². The Hall–Kier alpha value is -2.13. The topological polar surface area (TPSA) is 52.4 Å². The zero-order valence-electron chi connectivity index (χ0n) is 16.8. The lowest BCUT2D eigenvalue weighted by molar-refractivity contribution is -0.0515. The lowest BCUT2D eigenvalue weighted by Gasteiger charge is -2.33. The molecule has 3 aromatic rings. The maximum absolute atomic E-state index is 13.4. The number of aromatic nitrogens is 3. The number of thioether (sulfide) groups is 1. The van der Waals surface area contributed by atoms with Crippen LogP contribution in [0.1, 0.15) is 5.69 Å². The van der Waals surface area contributed by atoms with Crippen molar-refractivity contribution in [1.29, 1.82) is 0 Å². The van der Waals surface area contributed by atoms with Crippen molar-refractivity contribution in [3.63, 3.8) is 0 Å².